The zero-order valence-electron chi connectivity index (χ0n) is 15.9. The third kappa shape index (κ3) is 5.75. The first-order valence-electron chi connectivity index (χ1n) is 9.10. The first-order valence-corrected chi connectivity index (χ1v) is 10.9. The summed E-state index contributed by atoms with van der Waals surface area (Å²) in [6.07, 6.45) is 1.09. The van der Waals surface area contributed by atoms with Crippen molar-refractivity contribution in [2.45, 2.75) is 24.3 Å². The van der Waals surface area contributed by atoms with Gasteiger partial charge in [-0.2, -0.15) is 4.99 Å². The largest absolute Gasteiger partial charge is 0.383 e. The van der Waals surface area contributed by atoms with Gasteiger partial charge < -0.3 is 9.30 Å². The first kappa shape index (κ1) is 21.2. The predicted octanol–water partition coefficient (Wildman–Crippen LogP) is 4.26. The maximum atomic E-state index is 12.4. The fourth-order valence-electron chi connectivity index (χ4n) is 2.75. The van der Waals surface area contributed by atoms with Crippen molar-refractivity contribution in [3.05, 3.63) is 63.4 Å². The summed E-state index contributed by atoms with van der Waals surface area (Å²) >= 11 is 2.99. The van der Waals surface area contributed by atoms with Crippen LogP contribution in [-0.4, -0.2) is 34.9 Å². The summed E-state index contributed by atoms with van der Waals surface area (Å²) in [5.74, 6) is 0.652. The summed E-state index contributed by atoms with van der Waals surface area (Å²) in [6.45, 7) is 0.974. The number of amides is 1. The molecule has 0 atom stereocenters. The molecule has 1 heterocycles. The lowest BCUT2D eigenvalue weighted by molar-refractivity contribution is -0.384. The number of nitro benzene ring substituents is 1. The van der Waals surface area contributed by atoms with Gasteiger partial charge in [-0.05, 0) is 30.4 Å². The van der Waals surface area contributed by atoms with Crippen LogP contribution in [0.5, 0.6) is 0 Å². The van der Waals surface area contributed by atoms with Crippen molar-refractivity contribution in [1.29, 1.82) is 0 Å². The summed E-state index contributed by atoms with van der Waals surface area (Å²) in [5, 5.41) is 11.0. The average molecular weight is 432 g/mol. The number of thiazole rings is 1. The Morgan fingerprint density at radius 1 is 1.28 bits per heavy atom. The minimum absolute atomic E-state index is 0.0217. The number of nitrogens with zero attached hydrogens (tertiary/aromatic N) is 3. The molecule has 7 nitrogen and oxygen atoms in total. The number of aromatic nitrogens is 1. The van der Waals surface area contributed by atoms with E-state index in [0.29, 0.717) is 24.4 Å². The molecule has 0 fully saturated rings. The zero-order valence-corrected chi connectivity index (χ0v) is 17.6. The van der Waals surface area contributed by atoms with Gasteiger partial charge in [-0.15, -0.1) is 11.8 Å². The lowest BCUT2D eigenvalue weighted by Gasteiger charge is -2.04. The molecule has 3 rings (SSSR count). The summed E-state index contributed by atoms with van der Waals surface area (Å²) in [5.41, 5.74) is 0.831. The first-order chi connectivity index (χ1) is 14.1. The van der Waals surface area contributed by atoms with Crippen molar-refractivity contribution in [2.24, 2.45) is 4.99 Å². The molecule has 0 saturated heterocycles. The number of carbonyl (C=O) groups excluding carboxylic acids is 1. The molecule has 0 spiro atoms. The van der Waals surface area contributed by atoms with E-state index in [-0.39, 0.29) is 11.6 Å². The van der Waals surface area contributed by atoms with E-state index in [1.54, 1.807) is 24.9 Å². The molecule has 0 aliphatic carbocycles. The summed E-state index contributed by atoms with van der Waals surface area (Å²) in [7, 11) is 1.60. The van der Waals surface area contributed by atoms with Crippen LogP contribution in [0.2, 0.25) is 0 Å². The van der Waals surface area contributed by atoms with E-state index in [2.05, 4.69) is 4.99 Å². The number of rotatable bonds is 9. The van der Waals surface area contributed by atoms with Gasteiger partial charge in [0.15, 0.2) is 4.80 Å². The highest BCUT2D eigenvalue weighted by Crippen LogP contribution is 2.23. The van der Waals surface area contributed by atoms with Gasteiger partial charge in [0, 0.05) is 37.1 Å². The lowest BCUT2D eigenvalue weighted by Crippen LogP contribution is -2.19. The Morgan fingerprint density at radius 2 is 2.07 bits per heavy atom. The normalized spacial score (nSPS) is 11.8. The van der Waals surface area contributed by atoms with Crippen molar-refractivity contribution in [3.63, 3.8) is 0 Å². The average Bonchev–Trinajstić information content (AvgIpc) is 3.06. The van der Waals surface area contributed by atoms with E-state index < -0.39 is 4.92 Å². The number of methoxy groups -OCH3 is 1. The number of non-ortho nitro benzene ring substituents is 1. The topological polar surface area (TPSA) is 86.7 Å². The van der Waals surface area contributed by atoms with E-state index >= 15 is 0 Å². The van der Waals surface area contributed by atoms with E-state index in [1.165, 1.54) is 28.4 Å². The molecule has 0 aliphatic heterocycles. The smallest absolute Gasteiger partial charge is 0.270 e. The Morgan fingerprint density at radius 3 is 2.79 bits per heavy atom. The SMILES string of the molecule is COCCn1c(=NC(=O)CCCSc2ccccc2)sc2cc([N+](=O)[O-])ccc21. The van der Waals surface area contributed by atoms with Crippen molar-refractivity contribution in [1.82, 2.24) is 4.57 Å². The van der Waals surface area contributed by atoms with Crippen LogP contribution in [0, 0.1) is 10.1 Å². The highest BCUT2D eigenvalue weighted by atomic mass is 32.2. The number of thioether (sulfide) groups is 1. The van der Waals surface area contributed by atoms with Gasteiger partial charge >= 0.3 is 0 Å². The Bertz CT molecular complexity index is 1060. The van der Waals surface area contributed by atoms with Crippen LogP contribution < -0.4 is 4.80 Å². The van der Waals surface area contributed by atoms with E-state index in [9.17, 15) is 14.9 Å². The van der Waals surface area contributed by atoms with Crippen LogP contribution in [0.1, 0.15) is 12.8 Å². The second-order valence-corrected chi connectivity index (χ2v) is 8.39. The fourth-order valence-corrected chi connectivity index (χ4v) is 4.73. The standard InChI is InChI=1S/C20H21N3O4S2/c1-27-12-11-22-17-10-9-15(23(25)26)14-18(17)29-20(22)21-19(24)8-5-13-28-16-6-3-2-4-7-16/h2-4,6-7,9-10,14H,5,8,11-13H2,1H3. The lowest BCUT2D eigenvalue weighted by atomic mass is 10.3. The van der Waals surface area contributed by atoms with Gasteiger partial charge in [-0.1, -0.05) is 29.5 Å². The molecular formula is C20H21N3O4S2. The van der Waals surface area contributed by atoms with Gasteiger partial charge in [0.25, 0.3) is 5.69 Å². The molecule has 0 aliphatic rings. The van der Waals surface area contributed by atoms with Crippen molar-refractivity contribution < 1.29 is 14.5 Å². The van der Waals surface area contributed by atoms with Crippen molar-refractivity contribution in [3.8, 4) is 0 Å². The van der Waals surface area contributed by atoms with Crippen LogP contribution >= 0.6 is 23.1 Å². The second kappa shape index (κ2) is 10.3. The fraction of sp³-hybridized carbons (Fsp3) is 0.300. The van der Waals surface area contributed by atoms with Crippen LogP contribution in [0.4, 0.5) is 5.69 Å². The van der Waals surface area contributed by atoms with Crippen LogP contribution in [0.15, 0.2) is 58.4 Å². The van der Waals surface area contributed by atoms with Gasteiger partial charge in [0.1, 0.15) is 0 Å². The van der Waals surface area contributed by atoms with Gasteiger partial charge in [0.05, 0.1) is 21.7 Å². The second-order valence-electron chi connectivity index (χ2n) is 6.21. The zero-order chi connectivity index (χ0) is 20.6. The summed E-state index contributed by atoms with van der Waals surface area (Å²) < 4.78 is 7.76. The molecule has 0 bridgehead atoms. The van der Waals surface area contributed by atoms with Crippen molar-refractivity contribution >= 4 is 44.9 Å². The molecule has 1 amide bonds. The van der Waals surface area contributed by atoms with E-state index in [1.807, 2.05) is 34.9 Å². The summed E-state index contributed by atoms with van der Waals surface area (Å²) in [6, 6.07) is 14.7. The number of nitro groups is 1. The highest BCUT2D eigenvalue weighted by Gasteiger charge is 2.12. The number of benzene rings is 2. The minimum Gasteiger partial charge on any atom is -0.383 e. The molecule has 3 aromatic rings. The molecule has 0 radical (unpaired) electrons. The predicted molar refractivity (Wildman–Crippen MR) is 115 cm³/mol. The molecule has 29 heavy (non-hydrogen) atoms. The number of carbonyl (C=O) groups is 1. The number of hydrogen-bond donors (Lipinski definition) is 0. The number of fused-ring (bicyclic) bond motifs is 1. The van der Waals surface area contributed by atoms with Crippen LogP contribution in [0.3, 0.4) is 0 Å². The van der Waals surface area contributed by atoms with E-state index in [0.717, 1.165) is 22.4 Å². The van der Waals surface area contributed by atoms with E-state index in [4.69, 9.17) is 4.74 Å². The third-order valence-electron chi connectivity index (χ3n) is 4.16. The van der Waals surface area contributed by atoms with Crippen LogP contribution in [0.25, 0.3) is 10.2 Å². The number of hydrogen-bond acceptors (Lipinski definition) is 6. The Kier molecular flexibility index (Phi) is 7.56. The van der Waals surface area contributed by atoms with Crippen molar-refractivity contribution in [2.75, 3.05) is 19.5 Å². The molecular weight excluding hydrogens is 410 g/mol. The molecule has 2 aromatic carbocycles. The monoisotopic (exact) mass is 431 g/mol. The third-order valence-corrected chi connectivity index (χ3v) is 6.30. The summed E-state index contributed by atoms with van der Waals surface area (Å²) in [4.78, 5) is 29.0. The van der Waals surface area contributed by atoms with Crippen LogP contribution in [-0.2, 0) is 16.1 Å². The highest BCUT2D eigenvalue weighted by molar-refractivity contribution is 7.99. The minimum atomic E-state index is -0.426. The Hall–Kier alpha value is -2.49. The van der Waals surface area contributed by atoms with Gasteiger partial charge in [-0.25, -0.2) is 0 Å². The molecule has 0 unspecified atom stereocenters. The maximum Gasteiger partial charge on any atom is 0.270 e. The molecule has 0 N–H and O–H groups in total. The molecule has 152 valence electrons. The molecule has 9 heteroatoms. The molecule has 0 saturated carbocycles. The number of ether oxygens (including phenoxy) is 1. The van der Waals surface area contributed by atoms with Gasteiger partial charge in [-0.3, -0.25) is 14.9 Å². The van der Waals surface area contributed by atoms with Gasteiger partial charge in [0.2, 0.25) is 5.91 Å². The molecule has 1 aromatic heterocycles. The Balaban J connectivity index is 1.74. The Labute approximate surface area is 176 Å². The maximum absolute atomic E-state index is 12.4. The quantitative estimate of drug-likeness (QED) is 0.219.